The first-order valence-corrected chi connectivity index (χ1v) is 8.90. The number of anilines is 1. The minimum absolute atomic E-state index is 0.123. The van der Waals surface area contributed by atoms with Gasteiger partial charge in [-0.05, 0) is 36.4 Å². The molecule has 2 aromatic carbocycles. The van der Waals surface area contributed by atoms with Gasteiger partial charge in [-0.25, -0.2) is 8.42 Å². The van der Waals surface area contributed by atoms with Crippen molar-refractivity contribution in [2.24, 2.45) is 0 Å². The maximum atomic E-state index is 12.7. The van der Waals surface area contributed by atoms with Crippen molar-refractivity contribution in [3.05, 3.63) is 54.6 Å². The third kappa shape index (κ3) is 4.33. The van der Waals surface area contributed by atoms with E-state index in [2.05, 4.69) is 5.32 Å². The van der Waals surface area contributed by atoms with Crippen molar-refractivity contribution < 1.29 is 17.9 Å². The minimum Gasteiger partial charge on any atom is -0.497 e. The van der Waals surface area contributed by atoms with Gasteiger partial charge < -0.3 is 10.1 Å². The lowest BCUT2D eigenvalue weighted by atomic mass is 10.3. The van der Waals surface area contributed by atoms with Gasteiger partial charge in [-0.1, -0.05) is 25.1 Å². The molecule has 0 unspecified atom stereocenters. The summed E-state index contributed by atoms with van der Waals surface area (Å²) in [5, 5.41) is 2.68. The van der Waals surface area contributed by atoms with Crippen LogP contribution in [0.5, 0.6) is 5.75 Å². The van der Waals surface area contributed by atoms with Gasteiger partial charge in [-0.3, -0.25) is 4.79 Å². The van der Waals surface area contributed by atoms with Gasteiger partial charge >= 0.3 is 0 Å². The fourth-order valence-corrected chi connectivity index (χ4v) is 3.55. The number of nitrogens with one attached hydrogen (secondary N) is 1. The topological polar surface area (TPSA) is 75.7 Å². The molecule has 0 bridgehead atoms. The van der Waals surface area contributed by atoms with E-state index in [1.54, 1.807) is 43.3 Å². The molecule has 1 N–H and O–H groups in total. The summed E-state index contributed by atoms with van der Waals surface area (Å²) in [7, 11) is -2.24. The summed E-state index contributed by atoms with van der Waals surface area (Å²) in [5.74, 6) is 0.180. The highest BCUT2D eigenvalue weighted by atomic mass is 32.2. The average Bonchev–Trinajstić information content (AvgIpc) is 2.60. The third-order valence-corrected chi connectivity index (χ3v) is 5.36. The highest BCUT2D eigenvalue weighted by Crippen LogP contribution is 2.19. The number of rotatable bonds is 7. The van der Waals surface area contributed by atoms with Crippen molar-refractivity contribution in [3.8, 4) is 5.75 Å². The number of methoxy groups -OCH3 is 1. The van der Waals surface area contributed by atoms with Gasteiger partial charge in [-0.2, -0.15) is 4.31 Å². The molecule has 2 rings (SSSR count). The van der Waals surface area contributed by atoms with Crippen molar-refractivity contribution in [2.45, 2.75) is 11.8 Å². The highest BCUT2D eigenvalue weighted by molar-refractivity contribution is 7.89. The molecule has 0 atom stereocenters. The molecule has 0 aromatic heterocycles. The van der Waals surface area contributed by atoms with Crippen LogP contribution >= 0.6 is 0 Å². The van der Waals surface area contributed by atoms with E-state index in [0.29, 0.717) is 11.4 Å². The number of sulfonamides is 1. The van der Waals surface area contributed by atoms with E-state index in [-0.39, 0.29) is 23.9 Å². The number of nitrogens with zero attached hydrogens (tertiary/aromatic N) is 1. The van der Waals surface area contributed by atoms with E-state index >= 15 is 0 Å². The molecule has 0 aliphatic carbocycles. The Labute approximate surface area is 142 Å². The van der Waals surface area contributed by atoms with Gasteiger partial charge in [0.1, 0.15) is 5.75 Å². The van der Waals surface area contributed by atoms with Crippen LogP contribution in [0.4, 0.5) is 5.69 Å². The Morgan fingerprint density at radius 2 is 1.71 bits per heavy atom. The number of benzene rings is 2. The Morgan fingerprint density at radius 3 is 2.25 bits per heavy atom. The largest absolute Gasteiger partial charge is 0.497 e. The second-order valence-electron chi connectivity index (χ2n) is 5.02. The van der Waals surface area contributed by atoms with Gasteiger partial charge in [-0.15, -0.1) is 0 Å². The molecular weight excluding hydrogens is 328 g/mol. The number of para-hydroxylation sites is 1. The van der Waals surface area contributed by atoms with E-state index in [1.807, 2.05) is 6.07 Å². The maximum absolute atomic E-state index is 12.7. The Bertz CT molecular complexity index is 774. The molecule has 24 heavy (non-hydrogen) atoms. The highest BCUT2D eigenvalue weighted by Gasteiger charge is 2.25. The average molecular weight is 348 g/mol. The quantitative estimate of drug-likeness (QED) is 0.833. The number of hydrogen-bond donors (Lipinski definition) is 1. The molecule has 0 aliphatic rings. The van der Waals surface area contributed by atoms with E-state index in [1.165, 1.54) is 19.2 Å². The van der Waals surface area contributed by atoms with Crippen LogP contribution in [-0.4, -0.2) is 38.8 Å². The molecule has 0 spiro atoms. The van der Waals surface area contributed by atoms with Gasteiger partial charge in [0.05, 0.1) is 18.6 Å². The molecule has 0 heterocycles. The van der Waals surface area contributed by atoms with E-state index in [0.717, 1.165) is 4.31 Å². The van der Waals surface area contributed by atoms with Crippen LogP contribution in [0.1, 0.15) is 6.92 Å². The summed E-state index contributed by atoms with van der Waals surface area (Å²) < 4.78 is 31.5. The van der Waals surface area contributed by atoms with Crippen LogP contribution in [0, 0.1) is 0 Å². The van der Waals surface area contributed by atoms with Crippen molar-refractivity contribution in [3.63, 3.8) is 0 Å². The molecule has 2 aromatic rings. The lowest BCUT2D eigenvalue weighted by Crippen LogP contribution is -2.37. The number of amides is 1. The first kappa shape index (κ1) is 18.0. The molecule has 0 saturated heterocycles. The molecule has 0 fully saturated rings. The van der Waals surface area contributed by atoms with Gasteiger partial charge in [0.25, 0.3) is 0 Å². The normalized spacial score (nSPS) is 11.3. The van der Waals surface area contributed by atoms with Crippen LogP contribution < -0.4 is 10.1 Å². The number of hydrogen-bond acceptors (Lipinski definition) is 4. The third-order valence-electron chi connectivity index (χ3n) is 3.43. The zero-order chi connectivity index (χ0) is 17.6. The molecule has 0 radical (unpaired) electrons. The molecular formula is C17H20N2O4S. The van der Waals surface area contributed by atoms with E-state index < -0.39 is 10.0 Å². The Hall–Kier alpha value is -2.38. The van der Waals surface area contributed by atoms with Crippen molar-refractivity contribution in [1.82, 2.24) is 4.31 Å². The lowest BCUT2D eigenvalue weighted by molar-refractivity contribution is -0.116. The predicted octanol–water partition coefficient (Wildman–Crippen LogP) is 2.34. The summed E-state index contributed by atoms with van der Waals surface area (Å²) in [5.41, 5.74) is 0.625. The molecule has 128 valence electrons. The van der Waals surface area contributed by atoms with Crippen molar-refractivity contribution in [1.29, 1.82) is 0 Å². The van der Waals surface area contributed by atoms with Gasteiger partial charge in [0.2, 0.25) is 15.9 Å². The summed E-state index contributed by atoms with van der Waals surface area (Å²) in [4.78, 5) is 12.2. The fraction of sp³-hybridized carbons (Fsp3) is 0.235. The minimum atomic E-state index is -3.75. The summed E-state index contributed by atoms with van der Waals surface area (Å²) in [6.45, 7) is 1.63. The number of carbonyl (C=O) groups excluding carboxylic acids is 1. The zero-order valence-corrected chi connectivity index (χ0v) is 14.4. The summed E-state index contributed by atoms with van der Waals surface area (Å²) in [6.07, 6.45) is 0. The van der Waals surface area contributed by atoms with E-state index in [9.17, 15) is 13.2 Å². The smallest absolute Gasteiger partial charge is 0.243 e. The van der Waals surface area contributed by atoms with E-state index in [4.69, 9.17) is 4.74 Å². The lowest BCUT2D eigenvalue weighted by Gasteiger charge is -2.20. The van der Waals surface area contributed by atoms with Crippen LogP contribution in [0.15, 0.2) is 59.5 Å². The maximum Gasteiger partial charge on any atom is 0.243 e. The summed E-state index contributed by atoms with van der Waals surface area (Å²) >= 11 is 0. The van der Waals surface area contributed by atoms with Crippen molar-refractivity contribution >= 4 is 21.6 Å². The van der Waals surface area contributed by atoms with Crippen LogP contribution in [-0.2, 0) is 14.8 Å². The van der Waals surface area contributed by atoms with Gasteiger partial charge in [0.15, 0.2) is 0 Å². The Kier molecular flexibility index (Phi) is 5.94. The molecule has 6 nitrogen and oxygen atoms in total. The van der Waals surface area contributed by atoms with Crippen molar-refractivity contribution in [2.75, 3.05) is 25.5 Å². The molecule has 7 heteroatoms. The predicted molar refractivity (Wildman–Crippen MR) is 92.5 cm³/mol. The second-order valence-corrected chi connectivity index (χ2v) is 6.96. The Balaban J connectivity index is 2.12. The number of carbonyl (C=O) groups is 1. The first-order chi connectivity index (χ1) is 11.5. The zero-order valence-electron chi connectivity index (χ0n) is 13.6. The number of ether oxygens (including phenoxy) is 1. The SMILES string of the molecule is CCN(CC(=O)Nc1ccccc1)S(=O)(=O)c1ccc(OC)cc1. The number of likely N-dealkylation sites (N-methyl/N-ethyl adjacent to an activating group) is 1. The summed E-state index contributed by atoms with van der Waals surface area (Å²) in [6, 6.07) is 15.0. The van der Waals surface area contributed by atoms with Crippen LogP contribution in [0.25, 0.3) is 0 Å². The molecule has 0 saturated carbocycles. The van der Waals surface area contributed by atoms with Crippen LogP contribution in [0.2, 0.25) is 0 Å². The fourth-order valence-electron chi connectivity index (χ4n) is 2.15. The Morgan fingerprint density at radius 1 is 1.08 bits per heavy atom. The van der Waals surface area contributed by atoms with Gasteiger partial charge in [0, 0.05) is 12.2 Å². The monoisotopic (exact) mass is 348 g/mol. The standard InChI is InChI=1S/C17H20N2O4S/c1-3-19(13-17(20)18-14-7-5-4-6-8-14)24(21,22)16-11-9-15(23-2)10-12-16/h4-12H,3,13H2,1-2H3,(H,18,20). The molecule has 0 aliphatic heterocycles. The first-order valence-electron chi connectivity index (χ1n) is 7.46. The molecule has 1 amide bonds. The van der Waals surface area contributed by atoms with Crippen LogP contribution in [0.3, 0.4) is 0 Å². The second kappa shape index (κ2) is 7.94.